The molecule has 0 radical (unpaired) electrons. The molecule has 9 nitrogen and oxygen atoms in total. The van der Waals surface area contributed by atoms with Crippen molar-refractivity contribution in [2.45, 2.75) is 12.7 Å². The summed E-state index contributed by atoms with van der Waals surface area (Å²) in [7, 11) is 0. The van der Waals surface area contributed by atoms with E-state index in [1.807, 2.05) is 0 Å². The molecular weight excluding hydrogens is 425 g/mol. The van der Waals surface area contributed by atoms with E-state index in [1.165, 1.54) is 17.3 Å². The van der Waals surface area contributed by atoms with Crippen LogP contribution in [-0.4, -0.2) is 31.6 Å². The molecule has 0 fully saturated rings. The normalized spacial score (nSPS) is 11.8. The highest BCUT2D eigenvalue weighted by Crippen LogP contribution is 2.32. The predicted octanol–water partition coefficient (Wildman–Crippen LogP) is 3.59. The number of para-hydroxylation sites is 1. The summed E-state index contributed by atoms with van der Waals surface area (Å²) in [6.45, 7) is 0.00740. The van der Waals surface area contributed by atoms with Gasteiger partial charge in [-0.2, -0.15) is 23.4 Å². The van der Waals surface area contributed by atoms with Gasteiger partial charge in [-0.15, -0.1) is 0 Å². The molecule has 3 rings (SSSR count). The Morgan fingerprint density at radius 3 is 2.63 bits per heavy atom. The van der Waals surface area contributed by atoms with E-state index in [2.05, 4.69) is 36.2 Å². The standard InChI is InChI=1S/C17H14ClF3N8O/c18-13-6-11(17(19,20)21)7-23-15(13)28-27-14(8-29-10-22-9-24-29)26-16(30)25-12-4-2-1-3-5-12/h1-7,9-10H,8H2,(H,23,28)(H2,25,26,27,30). The van der Waals surface area contributed by atoms with Gasteiger partial charge in [-0.1, -0.05) is 29.8 Å². The van der Waals surface area contributed by atoms with E-state index in [-0.39, 0.29) is 23.2 Å². The number of anilines is 2. The minimum atomic E-state index is -4.58. The molecule has 156 valence electrons. The lowest BCUT2D eigenvalue weighted by atomic mass is 10.3. The lowest BCUT2D eigenvalue weighted by Gasteiger charge is -2.12. The summed E-state index contributed by atoms with van der Waals surface area (Å²) in [6.07, 6.45) is -1.26. The molecule has 0 spiro atoms. The fourth-order valence-corrected chi connectivity index (χ4v) is 2.39. The van der Waals surface area contributed by atoms with Crippen LogP contribution in [0, 0.1) is 0 Å². The van der Waals surface area contributed by atoms with Gasteiger partial charge in [-0.3, -0.25) is 10.7 Å². The number of aromatic nitrogens is 4. The van der Waals surface area contributed by atoms with Gasteiger partial charge < -0.3 is 5.32 Å². The zero-order valence-corrected chi connectivity index (χ0v) is 15.8. The van der Waals surface area contributed by atoms with Crippen molar-refractivity contribution < 1.29 is 18.0 Å². The maximum Gasteiger partial charge on any atom is 0.417 e. The molecule has 2 aromatic heterocycles. The highest BCUT2D eigenvalue weighted by Gasteiger charge is 2.31. The Kier molecular flexibility index (Phi) is 6.47. The first-order valence-corrected chi connectivity index (χ1v) is 8.70. The number of hydrogen-bond donors (Lipinski definition) is 3. The maximum atomic E-state index is 12.7. The van der Waals surface area contributed by atoms with Crippen LogP contribution in [-0.2, 0) is 12.7 Å². The highest BCUT2D eigenvalue weighted by molar-refractivity contribution is 6.33. The molecule has 0 aliphatic carbocycles. The summed E-state index contributed by atoms with van der Waals surface area (Å²) in [5, 5.41) is 12.8. The third kappa shape index (κ3) is 5.91. The van der Waals surface area contributed by atoms with Crippen molar-refractivity contribution in [3.05, 3.63) is 65.8 Å². The average Bonchev–Trinajstić information content (AvgIpc) is 3.20. The third-order valence-corrected chi connectivity index (χ3v) is 3.82. The van der Waals surface area contributed by atoms with Gasteiger partial charge in [0.2, 0.25) is 0 Å². The monoisotopic (exact) mass is 438 g/mol. The van der Waals surface area contributed by atoms with E-state index >= 15 is 0 Å². The number of benzene rings is 1. The number of halogens is 4. The number of alkyl halides is 3. The fourth-order valence-electron chi connectivity index (χ4n) is 2.18. The SMILES string of the molecule is O=C(NC(Cn1cncn1)=NNc1ncc(C(F)(F)F)cc1Cl)Nc1ccccc1. The zero-order chi connectivity index (χ0) is 21.6. The highest BCUT2D eigenvalue weighted by atomic mass is 35.5. The molecule has 0 atom stereocenters. The molecule has 0 aliphatic rings. The van der Waals surface area contributed by atoms with E-state index in [4.69, 9.17) is 11.6 Å². The Balaban J connectivity index is 1.74. The van der Waals surface area contributed by atoms with Crippen LogP contribution in [0.1, 0.15) is 5.56 Å². The van der Waals surface area contributed by atoms with Crippen LogP contribution in [0.5, 0.6) is 0 Å². The minimum absolute atomic E-state index is 0.00740. The Labute approximate surface area is 173 Å². The second-order valence-electron chi connectivity index (χ2n) is 5.76. The van der Waals surface area contributed by atoms with Crippen LogP contribution < -0.4 is 16.1 Å². The summed E-state index contributed by atoms with van der Waals surface area (Å²) in [5.41, 5.74) is 2.00. The molecular formula is C17H14ClF3N8O. The van der Waals surface area contributed by atoms with E-state index in [9.17, 15) is 18.0 Å². The average molecular weight is 439 g/mol. The molecule has 3 N–H and O–H groups in total. The smallest absolute Gasteiger partial charge is 0.308 e. The number of carbonyl (C=O) groups is 1. The van der Waals surface area contributed by atoms with Crippen LogP contribution in [0.15, 0.2) is 60.4 Å². The van der Waals surface area contributed by atoms with Gasteiger partial charge >= 0.3 is 12.2 Å². The number of carbonyl (C=O) groups excluding carboxylic acids is 1. The van der Waals surface area contributed by atoms with Gasteiger partial charge in [0.05, 0.1) is 10.6 Å². The number of rotatable bonds is 5. The molecule has 3 aromatic rings. The quantitative estimate of drug-likeness (QED) is 0.320. The van der Waals surface area contributed by atoms with Gasteiger partial charge in [-0.05, 0) is 18.2 Å². The molecule has 0 bridgehead atoms. The minimum Gasteiger partial charge on any atom is -0.308 e. The Hall–Kier alpha value is -3.67. The first-order chi connectivity index (χ1) is 14.3. The first kappa shape index (κ1) is 21.0. The molecule has 2 amide bonds. The molecule has 1 aromatic carbocycles. The lowest BCUT2D eigenvalue weighted by molar-refractivity contribution is -0.137. The summed E-state index contributed by atoms with van der Waals surface area (Å²) >= 11 is 5.85. The largest absolute Gasteiger partial charge is 0.417 e. The lowest BCUT2D eigenvalue weighted by Crippen LogP contribution is -2.37. The Bertz CT molecular complexity index is 1030. The summed E-state index contributed by atoms with van der Waals surface area (Å²) in [5.74, 6) is -0.0438. The fraction of sp³-hybridized carbons (Fsp3) is 0.118. The van der Waals surface area contributed by atoms with Gasteiger partial charge in [0.25, 0.3) is 0 Å². The van der Waals surface area contributed by atoms with E-state index in [0.29, 0.717) is 11.9 Å². The predicted molar refractivity (Wildman–Crippen MR) is 104 cm³/mol. The molecule has 2 heterocycles. The maximum absolute atomic E-state index is 12.7. The molecule has 0 saturated heterocycles. The Morgan fingerprint density at radius 1 is 1.23 bits per heavy atom. The van der Waals surface area contributed by atoms with Crippen LogP contribution in [0.2, 0.25) is 5.02 Å². The summed E-state index contributed by atoms with van der Waals surface area (Å²) < 4.78 is 39.6. The Morgan fingerprint density at radius 2 is 2.00 bits per heavy atom. The summed E-state index contributed by atoms with van der Waals surface area (Å²) in [6, 6.07) is 8.81. The van der Waals surface area contributed by atoms with E-state index in [0.717, 1.165) is 6.07 Å². The van der Waals surface area contributed by atoms with Crippen molar-refractivity contribution in [1.29, 1.82) is 0 Å². The van der Waals surface area contributed by atoms with Gasteiger partial charge in [0, 0.05) is 11.9 Å². The number of hydrogen-bond acceptors (Lipinski definition) is 6. The number of pyridine rings is 1. The topological polar surface area (TPSA) is 109 Å². The van der Waals surface area contributed by atoms with Gasteiger partial charge in [0.15, 0.2) is 11.7 Å². The second-order valence-corrected chi connectivity index (χ2v) is 6.17. The number of amides is 2. The third-order valence-electron chi connectivity index (χ3n) is 3.53. The van der Waals surface area contributed by atoms with Crippen molar-refractivity contribution in [1.82, 2.24) is 25.1 Å². The second kappa shape index (κ2) is 9.22. The van der Waals surface area contributed by atoms with E-state index < -0.39 is 17.8 Å². The molecule has 0 aliphatic heterocycles. The van der Waals surface area contributed by atoms with Crippen molar-refractivity contribution in [3.8, 4) is 0 Å². The number of nitrogens with one attached hydrogen (secondary N) is 3. The zero-order valence-electron chi connectivity index (χ0n) is 15.1. The molecule has 0 unspecified atom stereocenters. The van der Waals surface area contributed by atoms with E-state index in [1.54, 1.807) is 30.3 Å². The van der Waals surface area contributed by atoms with Crippen molar-refractivity contribution in [3.63, 3.8) is 0 Å². The van der Waals surface area contributed by atoms with Gasteiger partial charge in [-0.25, -0.2) is 19.4 Å². The van der Waals surface area contributed by atoms with Crippen LogP contribution >= 0.6 is 11.6 Å². The van der Waals surface area contributed by atoms with Crippen molar-refractivity contribution in [2.24, 2.45) is 5.10 Å². The van der Waals surface area contributed by atoms with Crippen LogP contribution in [0.4, 0.5) is 29.5 Å². The molecule has 13 heteroatoms. The van der Waals surface area contributed by atoms with Crippen LogP contribution in [0.25, 0.3) is 0 Å². The number of amidine groups is 1. The number of nitrogens with zero attached hydrogens (tertiary/aromatic N) is 5. The van der Waals surface area contributed by atoms with Crippen LogP contribution in [0.3, 0.4) is 0 Å². The number of hydrazone groups is 1. The summed E-state index contributed by atoms with van der Waals surface area (Å²) in [4.78, 5) is 19.7. The van der Waals surface area contributed by atoms with Crippen molar-refractivity contribution in [2.75, 3.05) is 10.7 Å². The van der Waals surface area contributed by atoms with Gasteiger partial charge in [0.1, 0.15) is 19.2 Å². The number of urea groups is 1. The molecule has 0 saturated carbocycles. The first-order valence-electron chi connectivity index (χ1n) is 8.32. The van der Waals surface area contributed by atoms with Crippen molar-refractivity contribution >= 4 is 35.0 Å². The molecule has 30 heavy (non-hydrogen) atoms.